The first-order valence-electron chi connectivity index (χ1n) is 7.12. The van der Waals surface area contributed by atoms with Crippen molar-refractivity contribution in [1.82, 2.24) is 15.0 Å². The van der Waals surface area contributed by atoms with E-state index in [1.807, 2.05) is 6.07 Å². The quantitative estimate of drug-likeness (QED) is 0.909. The molecule has 0 fully saturated rings. The van der Waals surface area contributed by atoms with Gasteiger partial charge in [-0.25, -0.2) is 9.97 Å². The number of hydrogen-bond donors (Lipinski definition) is 1. The average Bonchev–Trinajstić information content (AvgIpc) is 2.52. The number of anilines is 1. The Morgan fingerprint density at radius 2 is 2.05 bits per heavy atom. The van der Waals surface area contributed by atoms with Crippen LogP contribution in [0.4, 0.5) is 5.82 Å². The van der Waals surface area contributed by atoms with Crippen molar-refractivity contribution in [3.63, 3.8) is 0 Å². The number of pyridine rings is 1. The molecule has 21 heavy (non-hydrogen) atoms. The van der Waals surface area contributed by atoms with E-state index in [2.05, 4.69) is 47.1 Å². The third-order valence-electron chi connectivity index (χ3n) is 2.98. The summed E-state index contributed by atoms with van der Waals surface area (Å²) in [5.74, 6) is 1.83. The van der Waals surface area contributed by atoms with Gasteiger partial charge in [0.1, 0.15) is 17.7 Å². The standard InChI is InChI=1S/C16H19N5/c1-4-5-19-15-7-14(20-16(21-15)11(2)3)13-6-12(8-17)9-18-10-13/h6-7,9-11H,4-5H2,1-3H3,(H,19,20,21). The summed E-state index contributed by atoms with van der Waals surface area (Å²) in [4.78, 5) is 13.2. The van der Waals surface area contributed by atoms with Crippen LogP contribution in [0.5, 0.6) is 0 Å². The lowest BCUT2D eigenvalue weighted by Gasteiger charge is -2.11. The molecule has 0 spiro atoms. The molecule has 2 heterocycles. The van der Waals surface area contributed by atoms with E-state index in [1.54, 1.807) is 18.5 Å². The van der Waals surface area contributed by atoms with Gasteiger partial charge in [-0.1, -0.05) is 20.8 Å². The number of rotatable bonds is 5. The smallest absolute Gasteiger partial charge is 0.133 e. The van der Waals surface area contributed by atoms with E-state index in [9.17, 15) is 0 Å². The molecule has 2 aromatic heterocycles. The summed E-state index contributed by atoms with van der Waals surface area (Å²) in [6, 6.07) is 5.80. The van der Waals surface area contributed by atoms with Crippen molar-refractivity contribution >= 4 is 5.82 Å². The maximum absolute atomic E-state index is 8.99. The van der Waals surface area contributed by atoms with Gasteiger partial charge in [-0.3, -0.25) is 4.98 Å². The third kappa shape index (κ3) is 3.76. The van der Waals surface area contributed by atoms with Gasteiger partial charge in [0.25, 0.3) is 0 Å². The van der Waals surface area contributed by atoms with Gasteiger partial charge >= 0.3 is 0 Å². The van der Waals surface area contributed by atoms with Crippen molar-refractivity contribution < 1.29 is 0 Å². The van der Waals surface area contributed by atoms with E-state index in [4.69, 9.17) is 5.26 Å². The van der Waals surface area contributed by atoms with Gasteiger partial charge in [-0.2, -0.15) is 5.26 Å². The molecule has 0 saturated carbocycles. The van der Waals surface area contributed by atoms with E-state index >= 15 is 0 Å². The predicted octanol–water partition coefficient (Wildman–Crippen LogP) is 3.36. The highest BCUT2D eigenvalue weighted by Crippen LogP contribution is 2.22. The fourth-order valence-electron chi connectivity index (χ4n) is 1.86. The minimum Gasteiger partial charge on any atom is -0.370 e. The summed E-state index contributed by atoms with van der Waals surface area (Å²) in [5, 5.41) is 12.3. The zero-order chi connectivity index (χ0) is 15.2. The molecular formula is C16H19N5. The van der Waals surface area contributed by atoms with Crippen LogP contribution in [-0.4, -0.2) is 21.5 Å². The lowest BCUT2D eigenvalue weighted by molar-refractivity contribution is 0.775. The van der Waals surface area contributed by atoms with Crippen molar-refractivity contribution in [3.8, 4) is 17.3 Å². The zero-order valence-corrected chi connectivity index (χ0v) is 12.6. The Hall–Kier alpha value is -2.48. The summed E-state index contributed by atoms with van der Waals surface area (Å²) in [6.07, 6.45) is 4.29. The summed E-state index contributed by atoms with van der Waals surface area (Å²) in [7, 11) is 0. The fourth-order valence-corrected chi connectivity index (χ4v) is 1.86. The van der Waals surface area contributed by atoms with Crippen molar-refractivity contribution in [2.24, 2.45) is 0 Å². The lowest BCUT2D eigenvalue weighted by atomic mass is 10.1. The van der Waals surface area contributed by atoms with Crippen LogP contribution < -0.4 is 5.32 Å². The highest BCUT2D eigenvalue weighted by atomic mass is 15.0. The fraction of sp³-hybridized carbons (Fsp3) is 0.375. The van der Waals surface area contributed by atoms with Crippen molar-refractivity contribution in [1.29, 1.82) is 5.26 Å². The van der Waals surface area contributed by atoms with Gasteiger partial charge < -0.3 is 5.32 Å². The van der Waals surface area contributed by atoms with E-state index in [-0.39, 0.29) is 5.92 Å². The molecule has 2 rings (SSSR count). The summed E-state index contributed by atoms with van der Waals surface area (Å²) in [5.41, 5.74) is 2.15. The molecule has 0 aromatic carbocycles. The molecule has 0 aliphatic heterocycles. The Morgan fingerprint density at radius 1 is 1.24 bits per heavy atom. The van der Waals surface area contributed by atoms with Crippen LogP contribution in [0.25, 0.3) is 11.3 Å². The van der Waals surface area contributed by atoms with E-state index in [1.165, 1.54) is 0 Å². The second-order valence-corrected chi connectivity index (χ2v) is 5.15. The largest absolute Gasteiger partial charge is 0.370 e. The molecule has 5 heteroatoms. The van der Waals surface area contributed by atoms with Crippen LogP contribution in [0.1, 0.15) is 44.5 Å². The van der Waals surface area contributed by atoms with Crippen molar-refractivity contribution in [3.05, 3.63) is 35.9 Å². The van der Waals surface area contributed by atoms with E-state index in [0.717, 1.165) is 35.9 Å². The first kappa shape index (κ1) is 14.9. The highest BCUT2D eigenvalue weighted by molar-refractivity contribution is 5.63. The number of aromatic nitrogens is 3. The Kier molecular flexibility index (Phi) is 4.83. The minimum absolute atomic E-state index is 0.235. The maximum atomic E-state index is 8.99. The lowest BCUT2D eigenvalue weighted by Crippen LogP contribution is -2.07. The van der Waals surface area contributed by atoms with Gasteiger partial charge in [-0.05, 0) is 12.5 Å². The van der Waals surface area contributed by atoms with Crippen LogP contribution in [0, 0.1) is 11.3 Å². The molecule has 0 bridgehead atoms. The molecule has 108 valence electrons. The zero-order valence-electron chi connectivity index (χ0n) is 12.6. The number of nitrogens with zero attached hydrogens (tertiary/aromatic N) is 4. The molecule has 1 N–H and O–H groups in total. The van der Waals surface area contributed by atoms with Crippen LogP contribution in [0.2, 0.25) is 0 Å². The van der Waals surface area contributed by atoms with Gasteiger partial charge in [0.15, 0.2) is 0 Å². The summed E-state index contributed by atoms with van der Waals surface area (Å²) < 4.78 is 0. The number of nitrogens with one attached hydrogen (secondary N) is 1. The number of nitriles is 1. The first-order valence-corrected chi connectivity index (χ1v) is 7.12. The van der Waals surface area contributed by atoms with Crippen molar-refractivity contribution in [2.45, 2.75) is 33.1 Å². The third-order valence-corrected chi connectivity index (χ3v) is 2.98. The van der Waals surface area contributed by atoms with Gasteiger partial charge in [-0.15, -0.1) is 0 Å². The Labute approximate surface area is 125 Å². The molecule has 0 atom stereocenters. The normalized spacial score (nSPS) is 10.4. The molecule has 0 radical (unpaired) electrons. The minimum atomic E-state index is 0.235. The Bertz CT molecular complexity index is 658. The van der Waals surface area contributed by atoms with Crippen LogP contribution >= 0.6 is 0 Å². The van der Waals surface area contributed by atoms with Gasteiger partial charge in [0.2, 0.25) is 0 Å². The van der Waals surface area contributed by atoms with Gasteiger partial charge in [0, 0.05) is 36.5 Å². The second kappa shape index (κ2) is 6.80. The predicted molar refractivity (Wildman–Crippen MR) is 82.8 cm³/mol. The van der Waals surface area contributed by atoms with Crippen LogP contribution in [0.3, 0.4) is 0 Å². The topological polar surface area (TPSA) is 74.5 Å². The Morgan fingerprint density at radius 3 is 2.71 bits per heavy atom. The second-order valence-electron chi connectivity index (χ2n) is 5.15. The van der Waals surface area contributed by atoms with Crippen LogP contribution in [0.15, 0.2) is 24.5 Å². The molecule has 0 aliphatic carbocycles. The average molecular weight is 281 g/mol. The molecular weight excluding hydrogens is 262 g/mol. The summed E-state index contributed by atoms with van der Waals surface area (Å²) in [6.45, 7) is 7.10. The molecule has 0 aliphatic rings. The molecule has 5 nitrogen and oxygen atoms in total. The van der Waals surface area contributed by atoms with Crippen LogP contribution in [-0.2, 0) is 0 Å². The first-order chi connectivity index (χ1) is 10.1. The SMILES string of the molecule is CCCNc1cc(-c2cncc(C#N)c2)nc(C(C)C)n1. The van der Waals surface area contributed by atoms with E-state index in [0.29, 0.717) is 5.56 Å². The monoisotopic (exact) mass is 281 g/mol. The van der Waals surface area contributed by atoms with Gasteiger partial charge in [0.05, 0.1) is 11.3 Å². The Balaban J connectivity index is 2.46. The maximum Gasteiger partial charge on any atom is 0.133 e. The number of hydrogen-bond acceptors (Lipinski definition) is 5. The molecule has 2 aromatic rings. The molecule has 0 unspecified atom stereocenters. The summed E-state index contributed by atoms with van der Waals surface area (Å²) >= 11 is 0. The highest BCUT2D eigenvalue weighted by Gasteiger charge is 2.10. The van der Waals surface area contributed by atoms with Crippen molar-refractivity contribution in [2.75, 3.05) is 11.9 Å². The molecule has 0 saturated heterocycles. The van der Waals surface area contributed by atoms with E-state index < -0.39 is 0 Å². The molecule has 0 amide bonds.